The number of thioether (sulfide) groups is 1. The minimum absolute atomic E-state index is 0.0880. The molecule has 4 nitrogen and oxygen atoms in total. The molecule has 1 N–H and O–H groups in total. The molecule has 1 unspecified atom stereocenters. The number of piperidine rings is 1. The zero-order chi connectivity index (χ0) is 17.8. The number of carbonyl (C=O) groups is 1. The Balaban J connectivity index is 1.60. The number of hydrogen-bond donors (Lipinski definition) is 1. The van der Waals surface area contributed by atoms with Crippen LogP contribution in [0.2, 0.25) is 0 Å². The van der Waals surface area contributed by atoms with Crippen LogP contribution in [-0.4, -0.2) is 52.2 Å². The Morgan fingerprint density at radius 2 is 1.84 bits per heavy atom. The minimum atomic E-state index is -0.0880. The van der Waals surface area contributed by atoms with Crippen molar-refractivity contribution in [2.24, 2.45) is 5.92 Å². The van der Waals surface area contributed by atoms with Gasteiger partial charge in [0.2, 0.25) is 0 Å². The van der Waals surface area contributed by atoms with Gasteiger partial charge in [-0.3, -0.25) is 4.79 Å². The second-order valence-corrected chi connectivity index (χ2v) is 8.69. The molecule has 1 amide bonds. The number of hydrogen-bond acceptors (Lipinski definition) is 5. The molecule has 2 fully saturated rings. The lowest BCUT2D eigenvalue weighted by Crippen LogP contribution is -2.50. The molecular weight excluding hydrogens is 350 g/mol. The molecule has 1 aromatic carbocycles. The summed E-state index contributed by atoms with van der Waals surface area (Å²) in [6.45, 7) is 5.03. The number of thiocarbonyl (C=S) groups is 1. The third-order valence-electron chi connectivity index (χ3n) is 5.12. The van der Waals surface area contributed by atoms with Gasteiger partial charge in [0.25, 0.3) is 5.91 Å². The molecule has 1 atom stereocenters. The van der Waals surface area contributed by atoms with Gasteiger partial charge in [-0.1, -0.05) is 55.2 Å². The number of rotatable bonds is 6. The maximum Gasteiger partial charge on any atom is 0.256 e. The van der Waals surface area contributed by atoms with Crippen molar-refractivity contribution in [3.63, 3.8) is 0 Å². The van der Waals surface area contributed by atoms with Crippen LogP contribution in [-0.2, 0) is 17.6 Å². The van der Waals surface area contributed by atoms with Gasteiger partial charge in [0.05, 0.1) is 5.25 Å². The van der Waals surface area contributed by atoms with Crippen molar-refractivity contribution in [2.75, 3.05) is 26.7 Å². The number of hydrazine groups is 1. The van der Waals surface area contributed by atoms with Crippen LogP contribution in [0.25, 0.3) is 0 Å². The van der Waals surface area contributed by atoms with E-state index in [2.05, 4.69) is 41.5 Å². The first kappa shape index (κ1) is 18.8. The van der Waals surface area contributed by atoms with Crippen molar-refractivity contribution in [3.05, 3.63) is 35.4 Å². The van der Waals surface area contributed by atoms with E-state index in [9.17, 15) is 4.79 Å². The summed E-state index contributed by atoms with van der Waals surface area (Å²) in [7, 11) is 2.00. The number of nitrogens with one attached hydrogen (secondary N) is 1. The fourth-order valence-electron chi connectivity index (χ4n) is 3.57. The van der Waals surface area contributed by atoms with E-state index in [4.69, 9.17) is 12.2 Å². The quantitative estimate of drug-likeness (QED) is 0.772. The number of nitrogens with zero attached hydrogens (tertiary/aromatic N) is 2. The van der Waals surface area contributed by atoms with E-state index in [0.717, 1.165) is 45.3 Å². The molecule has 0 aliphatic carbocycles. The zero-order valence-electron chi connectivity index (χ0n) is 15.0. The van der Waals surface area contributed by atoms with Crippen LogP contribution in [0.4, 0.5) is 0 Å². The zero-order valence-corrected chi connectivity index (χ0v) is 16.7. The average molecular weight is 378 g/mol. The highest BCUT2D eigenvalue weighted by Gasteiger charge is 2.41. The number of amides is 1. The normalized spacial score (nSPS) is 22.8. The van der Waals surface area contributed by atoms with E-state index in [-0.39, 0.29) is 11.2 Å². The molecule has 0 bridgehead atoms. The Hall–Kier alpha value is -0.950. The predicted molar refractivity (Wildman–Crippen MR) is 109 cm³/mol. The van der Waals surface area contributed by atoms with Crippen molar-refractivity contribution in [1.29, 1.82) is 0 Å². The van der Waals surface area contributed by atoms with Crippen LogP contribution >= 0.6 is 24.0 Å². The largest absolute Gasteiger partial charge is 0.319 e. The molecule has 0 spiro atoms. The Labute approximate surface area is 160 Å². The lowest BCUT2D eigenvalue weighted by atomic mass is 9.98. The molecule has 3 rings (SSSR count). The lowest BCUT2D eigenvalue weighted by Gasteiger charge is -2.37. The van der Waals surface area contributed by atoms with Crippen molar-refractivity contribution in [3.8, 4) is 0 Å². The smallest absolute Gasteiger partial charge is 0.256 e. The molecule has 0 saturated carbocycles. The van der Waals surface area contributed by atoms with E-state index < -0.39 is 0 Å². The lowest BCUT2D eigenvalue weighted by molar-refractivity contribution is -0.139. The molecule has 6 heteroatoms. The van der Waals surface area contributed by atoms with Crippen molar-refractivity contribution in [2.45, 2.75) is 37.9 Å². The molecular formula is C19H27N3OS2. The number of carbonyl (C=O) groups excluding carboxylic acids is 1. The Morgan fingerprint density at radius 3 is 2.44 bits per heavy atom. The van der Waals surface area contributed by atoms with E-state index in [1.807, 2.05) is 7.05 Å². The molecule has 1 aromatic rings. The van der Waals surface area contributed by atoms with Crippen LogP contribution in [0.5, 0.6) is 0 Å². The summed E-state index contributed by atoms with van der Waals surface area (Å²) in [6.07, 6.45) is 4.02. The fraction of sp³-hybridized carbons (Fsp3) is 0.579. The first-order chi connectivity index (χ1) is 12.1. The summed E-state index contributed by atoms with van der Waals surface area (Å²) >= 11 is 7.07. The van der Waals surface area contributed by atoms with Gasteiger partial charge in [-0.2, -0.15) is 0 Å². The van der Waals surface area contributed by atoms with Gasteiger partial charge < -0.3 is 5.32 Å². The number of benzene rings is 1. The van der Waals surface area contributed by atoms with Gasteiger partial charge in [0.1, 0.15) is 0 Å². The highest BCUT2D eigenvalue weighted by molar-refractivity contribution is 8.24. The van der Waals surface area contributed by atoms with Gasteiger partial charge >= 0.3 is 0 Å². The van der Waals surface area contributed by atoms with E-state index in [1.165, 1.54) is 11.1 Å². The average Bonchev–Trinajstić information content (AvgIpc) is 2.90. The topological polar surface area (TPSA) is 35.6 Å². The van der Waals surface area contributed by atoms with Gasteiger partial charge in [-0.15, -0.1) is 0 Å². The van der Waals surface area contributed by atoms with Gasteiger partial charge in [0, 0.05) is 13.1 Å². The maximum absolute atomic E-state index is 12.9. The van der Waals surface area contributed by atoms with Gasteiger partial charge in [0.15, 0.2) is 4.32 Å². The molecule has 0 radical (unpaired) electrons. The number of aryl methyl sites for hydroxylation is 1. The molecule has 136 valence electrons. The molecule has 2 aliphatic heterocycles. The van der Waals surface area contributed by atoms with Crippen LogP contribution in [0, 0.1) is 5.92 Å². The third kappa shape index (κ3) is 4.42. The van der Waals surface area contributed by atoms with Crippen molar-refractivity contribution in [1.82, 2.24) is 15.3 Å². The minimum Gasteiger partial charge on any atom is -0.319 e. The summed E-state index contributed by atoms with van der Waals surface area (Å²) < 4.78 is 0.715. The van der Waals surface area contributed by atoms with Crippen LogP contribution in [0.1, 0.15) is 30.9 Å². The first-order valence-electron chi connectivity index (χ1n) is 9.14. The second-order valence-electron chi connectivity index (χ2n) is 6.85. The molecule has 2 aliphatic rings. The monoisotopic (exact) mass is 377 g/mol. The Bertz CT molecular complexity index is 612. The Kier molecular flexibility index (Phi) is 6.49. The van der Waals surface area contributed by atoms with E-state index in [0.29, 0.717) is 10.2 Å². The van der Waals surface area contributed by atoms with E-state index >= 15 is 0 Å². The standard InChI is InChI=1S/C19H27N3OS2/c1-3-14-4-6-15(7-5-14)12-17-18(23)22(19(24)25-17)21-10-8-16(9-11-21)13-20-2/h4-7,16-17,20H,3,8-13H2,1-2H3. The molecule has 2 saturated heterocycles. The van der Waals surface area contributed by atoms with Crippen LogP contribution < -0.4 is 5.32 Å². The molecule has 2 heterocycles. The first-order valence-corrected chi connectivity index (χ1v) is 10.4. The van der Waals surface area contributed by atoms with Gasteiger partial charge in [-0.05, 0) is 56.3 Å². The van der Waals surface area contributed by atoms with Crippen molar-refractivity contribution >= 4 is 34.2 Å². The summed E-state index contributed by atoms with van der Waals surface area (Å²) in [5, 5.41) is 7.10. The summed E-state index contributed by atoms with van der Waals surface area (Å²) in [5.74, 6) is 0.856. The SMILES string of the molecule is CCc1ccc(CC2SC(=S)N(N3CCC(CNC)CC3)C2=O)cc1. The maximum atomic E-state index is 12.9. The van der Waals surface area contributed by atoms with Crippen LogP contribution in [0.15, 0.2) is 24.3 Å². The highest BCUT2D eigenvalue weighted by Crippen LogP contribution is 2.32. The van der Waals surface area contributed by atoms with Crippen molar-refractivity contribution < 1.29 is 4.79 Å². The summed E-state index contributed by atoms with van der Waals surface area (Å²) in [4.78, 5) is 12.9. The van der Waals surface area contributed by atoms with Gasteiger partial charge in [-0.25, -0.2) is 10.0 Å². The highest BCUT2D eigenvalue weighted by atomic mass is 32.2. The fourth-order valence-corrected chi connectivity index (χ4v) is 5.15. The molecule has 0 aromatic heterocycles. The third-order valence-corrected chi connectivity index (χ3v) is 6.61. The molecule has 25 heavy (non-hydrogen) atoms. The summed E-state index contributed by atoms with van der Waals surface area (Å²) in [5.41, 5.74) is 2.54. The Morgan fingerprint density at radius 1 is 1.20 bits per heavy atom. The van der Waals surface area contributed by atoms with E-state index in [1.54, 1.807) is 16.8 Å². The second kappa shape index (κ2) is 8.62. The predicted octanol–water partition coefficient (Wildman–Crippen LogP) is 2.87. The van der Waals surface area contributed by atoms with Crippen LogP contribution in [0.3, 0.4) is 0 Å². The summed E-state index contributed by atoms with van der Waals surface area (Å²) in [6, 6.07) is 8.59.